The van der Waals surface area contributed by atoms with E-state index in [0.29, 0.717) is 0 Å². The number of hydrogen-bond donors (Lipinski definition) is 1. The first-order valence-corrected chi connectivity index (χ1v) is 9.98. The lowest BCUT2D eigenvalue weighted by Crippen LogP contribution is -2.17. The fraction of sp³-hybridized carbons (Fsp3) is 0.667. The molecule has 1 aromatic carbocycles. The van der Waals surface area contributed by atoms with Gasteiger partial charge in [-0.25, -0.2) is 0 Å². The lowest BCUT2D eigenvalue weighted by molar-refractivity contribution is 0.238. The summed E-state index contributed by atoms with van der Waals surface area (Å²) in [6.07, 6.45) is 8.17. The summed E-state index contributed by atoms with van der Waals surface area (Å²) >= 11 is 7.16. The minimum Gasteiger partial charge on any atom is -0.489 e. The molecule has 1 N–H and O–H groups in total. The van der Waals surface area contributed by atoms with Crippen LogP contribution in [0.3, 0.4) is 0 Å². The molecule has 0 aliphatic heterocycles. The van der Waals surface area contributed by atoms with Gasteiger partial charge in [0.25, 0.3) is 0 Å². The van der Waals surface area contributed by atoms with Gasteiger partial charge in [-0.15, -0.1) is 0 Å². The highest BCUT2D eigenvalue weighted by Crippen LogP contribution is 2.33. The second-order valence-electron chi connectivity index (χ2n) is 5.99. The lowest BCUT2D eigenvalue weighted by atomic mass is 10.1. The van der Waals surface area contributed by atoms with Crippen LogP contribution in [-0.4, -0.2) is 12.6 Å². The third-order valence-corrected chi connectivity index (χ3v) is 4.51. The first-order valence-electron chi connectivity index (χ1n) is 8.39. The van der Waals surface area contributed by atoms with E-state index in [2.05, 4.69) is 64.0 Å². The van der Waals surface area contributed by atoms with E-state index in [4.69, 9.17) is 4.74 Å². The van der Waals surface area contributed by atoms with Crippen LogP contribution in [0.2, 0.25) is 0 Å². The Morgan fingerprint density at radius 3 is 2.41 bits per heavy atom. The molecule has 0 saturated carbocycles. The van der Waals surface area contributed by atoms with Gasteiger partial charge in [0.2, 0.25) is 0 Å². The van der Waals surface area contributed by atoms with Crippen molar-refractivity contribution < 1.29 is 4.74 Å². The van der Waals surface area contributed by atoms with Crippen LogP contribution in [0.5, 0.6) is 5.75 Å². The van der Waals surface area contributed by atoms with Crippen LogP contribution < -0.4 is 10.1 Å². The standard InChI is InChI=1S/C18H29Br2NO/c1-4-5-6-7-8-9-10-21-13-15-11-16(19)12-17(20)18(15)22-14(2)3/h11-12,14,21H,4-10,13H2,1-3H3. The van der Waals surface area contributed by atoms with Crippen molar-refractivity contribution in [1.82, 2.24) is 5.32 Å². The number of rotatable bonds is 11. The van der Waals surface area contributed by atoms with E-state index in [1.54, 1.807) is 0 Å². The first kappa shape index (κ1) is 20.0. The molecule has 0 saturated heterocycles. The fourth-order valence-electron chi connectivity index (χ4n) is 2.37. The number of ether oxygens (including phenoxy) is 1. The van der Waals surface area contributed by atoms with Crippen molar-refractivity contribution in [3.63, 3.8) is 0 Å². The smallest absolute Gasteiger partial charge is 0.138 e. The van der Waals surface area contributed by atoms with Crippen LogP contribution in [0.15, 0.2) is 21.1 Å². The van der Waals surface area contributed by atoms with E-state index in [-0.39, 0.29) is 6.10 Å². The summed E-state index contributed by atoms with van der Waals surface area (Å²) in [6, 6.07) is 4.17. The maximum Gasteiger partial charge on any atom is 0.138 e. The predicted octanol–water partition coefficient (Wildman–Crippen LogP) is 6.45. The van der Waals surface area contributed by atoms with Crippen LogP contribution >= 0.6 is 31.9 Å². The molecule has 0 radical (unpaired) electrons. The summed E-state index contributed by atoms with van der Waals surface area (Å²) in [5, 5.41) is 3.54. The Morgan fingerprint density at radius 2 is 1.73 bits per heavy atom. The van der Waals surface area contributed by atoms with Crippen molar-refractivity contribution in [2.24, 2.45) is 0 Å². The molecule has 0 fully saturated rings. The molecule has 1 rings (SSSR count). The van der Waals surface area contributed by atoms with Gasteiger partial charge in [0.05, 0.1) is 10.6 Å². The van der Waals surface area contributed by atoms with Gasteiger partial charge >= 0.3 is 0 Å². The van der Waals surface area contributed by atoms with Crippen molar-refractivity contribution in [1.29, 1.82) is 0 Å². The molecule has 0 atom stereocenters. The van der Waals surface area contributed by atoms with Gasteiger partial charge in [-0.3, -0.25) is 0 Å². The van der Waals surface area contributed by atoms with Gasteiger partial charge in [0, 0.05) is 16.6 Å². The van der Waals surface area contributed by atoms with Crippen LogP contribution in [0, 0.1) is 0 Å². The second kappa shape index (κ2) is 11.5. The van der Waals surface area contributed by atoms with Crippen LogP contribution in [-0.2, 0) is 6.54 Å². The Balaban J connectivity index is 2.41. The molecule has 0 aliphatic rings. The van der Waals surface area contributed by atoms with Crippen molar-refractivity contribution in [2.75, 3.05) is 6.54 Å². The van der Waals surface area contributed by atoms with Gasteiger partial charge in [0.1, 0.15) is 5.75 Å². The molecule has 0 heterocycles. The van der Waals surface area contributed by atoms with Gasteiger partial charge in [-0.05, 0) is 54.9 Å². The molecule has 126 valence electrons. The molecule has 1 aromatic rings. The topological polar surface area (TPSA) is 21.3 Å². The van der Waals surface area contributed by atoms with Gasteiger partial charge < -0.3 is 10.1 Å². The molecule has 0 spiro atoms. The van der Waals surface area contributed by atoms with Crippen LogP contribution in [0.4, 0.5) is 0 Å². The number of benzene rings is 1. The summed E-state index contributed by atoms with van der Waals surface area (Å²) in [6.45, 7) is 8.28. The highest BCUT2D eigenvalue weighted by atomic mass is 79.9. The Bertz CT molecular complexity index is 435. The van der Waals surface area contributed by atoms with Crippen LogP contribution in [0.25, 0.3) is 0 Å². The Kier molecular flexibility index (Phi) is 10.4. The highest BCUT2D eigenvalue weighted by Gasteiger charge is 2.11. The summed E-state index contributed by atoms with van der Waals surface area (Å²) in [7, 11) is 0. The molecular weight excluding hydrogens is 406 g/mol. The molecular formula is C18H29Br2NO. The van der Waals surface area contributed by atoms with Crippen molar-refractivity contribution >= 4 is 31.9 Å². The van der Waals surface area contributed by atoms with Gasteiger partial charge in [-0.2, -0.15) is 0 Å². The van der Waals surface area contributed by atoms with E-state index >= 15 is 0 Å². The van der Waals surface area contributed by atoms with Crippen molar-refractivity contribution in [3.8, 4) is 5.75 Å². The molecule has 22 heavy (non-hydrogen) atoms. The van der Waals surface area contributed by atoms with E-state index in [1.165, 1.54) is 44.1 Å². The number of nitrogens with one attached hydrogen (secondary N) is 1. The van der Waals surface area contributed by atoms with Crippen molar-refractivity contribution in [3.05, 3.63) is 26.6 Å². The quantitative estimate of drug-likeness (QED) is 0.404. The Morgan fingerprint density at radius 1 is 1.05 bits per heavy atom. The minimum absolute atomic E-state index is 0.176. The molecule has 2 nitrogen and oxygen atoms in total. The zero-order valence-corrected chi connectivity index (χ0v) is 17.2. The Hall–Kier alpha value is -0.0600. The maximum absolute atomic E-state index is 5.95. The molecule has 4 heteroatoms. The largest absolute Gasteiger partial charge is 0.489 e. The molecule has 0 aromatic heterocycles. The van der Waals surface area contributed by atoms with Crippen molar-refractivity contribution in [2.45, 2.75) is 71.9 Å². The third kappa shape index (κ3) is 7.98. The molecule has 0 aliphatic carbocycles. The summed E-state index contributed by atoms with van der Waals surface area (Å²) in [5.41, 5.74) is 1.20. The molecule has 0 bridgehead atoms. The predicted molar refractivity (Wildman–Crippen MR) is 103 cm³/mol. The highest BCUT2D eigenvalue weighted by molar-refractivity contribution is 9.11. The summed E-state index contributed by atoms with van der Waals surface area (Å²) in [5.74, 6) is 0.952. The molecule has 0 unspecified atom stereocenters. The number of unbranched alkanes of at least 4 members (excludes halogenated alkanes) is 5. The fourth-order valence-corrected chi connectivity index (χ4v) is 3.77. The second-order valence-corrected chi connectivity index (χ2v) is 7.76. The van der Waals surface area contributed by atoms with E-state index < -0.39 is 0 Å². The normalized spacial score (nSPS) is 11.2. The van der Waals surface area contributed by atoms with Gasteiger partial charge in [-0.1, -0.05) is 55.0 Å². The van der Waals surface area contributed by atoms with Crippen LogP contribution in [0.1, 0.15) is 64.9 Å². The zero-order chi connectivity index (χ0) is 16.4. The SMILES string of the molecule is CCCCCCCCNCc1cc(Br)cc(Br)c1OC(C)C. The maximum atomic E-state index is 5.95. The third-order valence-electron chi connectivity index (χ3n) is 3.46. The number of halogens is 2. The van der Waals surface area contributed by atoms with E-state index in [0.717, 1.165) is 27.8 Å². The summed E-state index contributed by atoms with van der Waals surface area (Å²) < 4.78 is 8.03. The average Bonchev–Trinajstić information content (AvgIpc) is 2.45. The monoisotopic (exact) mass is 433 g/mol. The zero-order valence-electron chi connectivity index (χ0n) is 14.1. The summed E-state index contributed by atoms with van der Waals surface area (Å²) in [4.78, 5) is 0. The molecule has 0 amide bonds. The average molecular weight is 435 g/mol. The van der Waals surface area contributed by atoms with E-state index in [9.17, 15) is 0 Å². The first-order chi connectivity index (χ1) is 10.5. The van der Waals surface area contributed by atoms with E-state index in [1.807, 2.05) is 6.07 Å². The number of hydrogen-bond acceptors (Lipinski definition) is 2. The van der Waals surface area contributed by atoms with Gasteiger partial charge in [0.15, 0.2) is 0 Å². The lowest BCUT2D eigenvalue weighted by Gasteiger charge is -2.17. The minimum atomic E-state index is 0.176. The Labute approximate surface area is 152 Å².